The van der Waals surface area contributed by atoms with Crippen LogP contribution in [-0.2, 0) is 4.79 Å². The van der Waals surface area contributed by atoms with E-state index in [1.165, 1.54) is 24.3 Å². The second-order valence-corrected chi connectivity index (χ2v) is 5.90. The van der Waals surface area contributed by atoms with E-state index < -0.39 is 0 Å². The molecule has 0 bridgehead atoms. The van der Waals surface area contributed by atoms with Gasteiger partial charge in [0.05, 0.1) is 0 Å². The Balaban J connectivity index is 1.52. The normalized spacial score (nSPS) is 23.0. The van der Waals surface area contributed by atoms with Crippen molar-refractivity contribution in [2.45, 2.75) is 38.1 Å². The summed E-state index contributed by atoms with van der Waals surface area (Å²) in [5, 5.41) is 3.61. The first kappa shape index (κ1) is 12.2. The first-order valence-electron chi connectivity index (χ1n) is 6.45. The highest BCUT2D eigenvalue weighted by Gasteiger charge is 2.19. The molecule has 16 heavy (non-hydrogen) atoms. The lowest BCUT2D eigenvalue weighted by Gasteiger charge is -2.23. The molecule has 1 amide bonds. The number of nitrogens with zero attached hydrogens (tertiary/aromatic N) is 1. The number of thioether (sulfide) groups is 1. The molecule has 0 aromatic heterocycles. The monoisotopic (exact) mass is 242 g/mol. The van der Waals surface area contributed by atoms with Gasteiger partial charge in [-0.1, -0.05) is 0 Å². The summed E-state index contributed by atoms with van der Waals surface area (Å²) >= 11 is 2.07. The summed E-state index contributed by atoms with van der Waals surface area (Å²) in [5.74, 6) is 2.97. The van der Waals surface area contributed by atoms with Crippen molar-refractivity contribution >= 4 is 17.7 Å². The Morgan fingerprint density at radius 1 is 1.38 bits per heavy atom. The van der Waals surface area contributed by atoms with Crippen LogP contribution in [0.15, 0.2) is 0 Å². The first-order chi connectivity index (χ1) is 7.86. The maximum absolute atomic E-state index is 11.4. The summed E-state index contributed by atoms with van der Waals surface area (Å²) in [4.78, 5) is 13.4. The minimum absolute atomic E-state index is 0.356. The van der Waals surface area contributed by atoms with E-state index in [0.29, 0.717) is 5.91 Å². The zero-order valence-corrected chi connectivity index (χ0v) is 10.7. The van der Waals surface area contributed by atoms with Gasteiger partial charge in [0.15, 0.2) is 0 Å². The predicted molar refractivity (Wildman–Crippen MR) is 68.8 cm³/mol. The molecule has 0 aliphatic carbocycles. The molecule has 0 aromatic rings. The Labute approximate surface area is 102 Å². The standard InChI is InChI=1S/C12H22N2OS/c15-12-3-1-7-14(12)8-2-6-13-11-4-9-16-10-5-11/h11,13H,1-10H2. The number of nitrogens with one attached hydrogen (secondary N) is 1. The molecule has 2 saturated heterocycles. The van der Waals surface area contributed by atoms with Gasteiger partial charge in [-0.2, -0.15) is 11.8 Å². The zero-order valence-electron chi connectivity index (χ0n) is 9.91. The van der Waals surface area contributed by atoms with E-state index >= 15 is 0 Å². The van der Waals surface area contributed by atoms with E-state index in [2.05, 4.69) is 17.1 Å². The highest BCUT2D eigenvalue weighted by Crippen LogP contribution is 2.16. The number of rotatable bonds is 5. The summed E-state index contributed by atoms with van der Waals surface area (Å²) in [7, 11) is 0. The van der Waals surface area contributed by atoms with Crippen molar-refractivity contribution in [3.63, 3.8) is 0 Å². The van der Waals surface area contributed by atoms with Crippen LogP contribution in [0.5, 0.6) is 0 Å². The summed E-state index contributed by atoms with van der Waals surface area (Å²) in [6, 6.07) is 0.732. The van der Waals surface area contributed by atoms with E-state index in [4.69, 9.17) is 0 Å². The highest BCUT2D eigenvalue weighted by molar-refractivity contribution is 7.99. The van der Waals surface area contributed by atoms with Crippen LogP contribution < -0.4 is 5.32 Å². The summed E-state index contributed by atoms with van der Waals surface area (Å²) < 4.78 is 0. The average Bonchev–Trinajstić information content (AvgIpc) is 2.72. The van der Waals surface area contributed by atoms with Gasteiger partial charge in [-0.3, -0.25) is 4.79 Å². The van der Waals surface area contributed by atoms with Crippen molar-refractivity contribution in [1.29, 1.82) is 0 Å². The molecular weight excluding hydrogens is 220 g/mol. The van der Waals surface area contributed by atoms with Crippen molar-refractivity contribution in [1.82, 2.24) is 10.2 Å². The molecule has 2 rings (SSSR count). The Morgan fingerprint density at radius 3 is 2.88 bits per heavy atom. The second-order valence-electron chi connectivity index (χ2n) is 4.68. The number of carbonyl (C=O) groups is 1. The number of carbonyl (C=O) groups excluding carboxylic acids is 1. The molecule has 2 aliphatic rings. The van der Waals surface area contributed by atoms with E-state index in [1.54, 1.807) is 0 Å². The third-order valence-corrected chi connectivity index (χ3v) is 4.48. The van der Waals surface area contributed by atoms with Crippen LogP contribution in [0, 0.1) is 0 Å². The number of hydrogen-bond acceptors (Lipinski definition) is 3. The third-order valence-electron chi connectivity index (χ3n) is 3.43. The van der Waals surface area contributed by atoms with Crippen LogP contribution >= 0.6 is 11.8 Å². The van der Waals surface area contributed by atoms with Crippen molar-refractivity contribution in [2.75, 3.05) is 31.1 Å². The summed E-state index contributed by atoms with van der Waals surface area (Å²) in [6.45, 7) is 3.01. The van der Waals surface area contributed by atoms with Gasteiger partial charge in [0.2, 0.25) is 5.91 Å². The van der Waals surface area contributed by atoms with Crippen molar-refractivity contribution in [3.05, 3.63) is 0 Å². The van der Waals surface area contributed by atoms with Gasteiger partial charge in [-0.15, -0.1) is 0 Å². The fourth-order valence-electron chi connectivity index (χ4n) is 2.42. The average molecular weight is 242 g/mol. The van der Waals surface area contributed by atoms with Crippen LogP contribution in [0.1, 0.15) is 32.1 Å². The molecule has 0 unspecified atom stereocenters. The molecular formula is C12H22N2OS. The highest BCUT2D eigenvalue weighted by atomic mass is 32.2. The molecule has 2 aliphatic heterocycles. The molecule has 3 nitrogen and oxygen atoms in total. The van der Waals surface area contributed by atoms with Crippen LogP contribution in [0.2, 0.25) is 0 Å². The minimum atomic E-state index is 0.356. The maximum atomic E-state index is 11.4. The molecule has 4 heteroatoms. The lowest BCUT2D eigenvalue weighted by atomic mass is 10.1. The molecule has 2 heterocycles. The maximum Gasteiger partial charge on any atom is 0.222 e. The second kappa shape index (κ2) is 6.50. The van der Waals surface area contributed by atoms with E-state index in [-0.39, 0.29) is 0 Å². The zero-order chi connectivity index (χ0) is 11.2. The Bertz CT molecular complexity index is 229. The molecule has 2 fully saturated rings. The number of amides is 1. The van der Waals surface area contributed by atoms with Crippen molar-refractivity contribution < 1.29 is 4.79 Å². The van der Waals surface area contributed by atoms with Gasteiger partial charge in [0.25, 0.3) is 0 Å². The number of hydrogen-bond donors (Lipinski definition) is 1. The van der Waals surface area contributed by atoms with Gasteiger partial charge in [-0.25, -0.2) is 0 Å². The van der Waals surface area contributed by atoms with Crippen LogP contribution in [-0.4, -0.2) is 48.0 Å². The third kappa shape index (κ3) is 3.67. The van der Waals surface area contributed by atoms with Gasteiger partial charge >= 0.3 is 0 Å². The van der Waals surface area contributed by atoms with Crippen LogP contribution in [0.4, 0.5) is 0 Å². The lowest BCUT2D eigenvalue weighted by molar-refractivity contribution is -0.127. The van der Waals surface area contributed by atoms with Crippen LogP contribution in [0.25, 0.3) is 0 Å². The topological polar surface area (TPSA) is 32.3 Å². The van der Waals surface area contributed by atoms with Gasteiger partial charge in [-0.05, 0) is 43.7 Å². The lowest BCUT2D eigenvalue weighted by Crippen LogP contribution is -2.35. The molecule has 0 atom stereocenters. The molecule has 1 N–H and O–H groups in total. The molecule has 0 spiro atoms. The largest absolute Gasteiger partial charge is 0.343 e. The van der Waals surface area contributed by atoms with Crippen LogP contribution in [0.3, 0.4) is 0 Å². The summed E-state index contributed by atoms with van der Waals surface area (Å²) in [6.07, 6.45) is 5.56. The van der Waals surface area contributed by atoms with E-state index in [9.17, 15) is 4.79 Å². The van der Waals surface area contributed by atoms with E-state index in [0.717, 1.165) is 44.9 Å². The SMILES string of the molecule is O=C1CCCN1CCCNC1CCSCC1. The molecule has 92 valence electrons. The predicted octanol–water partition coefficient (Wildman–Crippen LogP) is 1.48. The Morgan fingerprint density at radius 2 is 2.19 bits per heavy atom. The molecule has 0 aromatic carbocycles. The molecule has 0 radical (unpaired) electrons. The van der Waals surface area contributed by atoms with Gasteiger partial charge in [0, 0.05) is 25.6 Å². The number of likely N-dealkylation sites (tertiary alicyclic amines) is 1. The Kier molecular flexibility index (Phi) is 4.97. The van der Waals surface area contributed by atoms with Gasteiger partial charge in [0.1, 0.15) is 0 Å². The fourth-order valence-corrected chi connectivity index (χ4v) is 3.52. The first-order valence-corrected chi connectivity index (χ1v) is 7.60. The van der Waals surface area contributed by atoms with Crippen molar-refractivity contribution in [2.24, 2.45) is 0 Å². The van der Waals surface area contributed by atoms with Gasteiger partial charge < -0.3 is 10.2 Å². The van der Waals surface area contributed by atoms with E-state index in [1.807, 2.05) is 4.90 Å². The quantitative estimate of drug-likeness (QED) is 0.741. The minimum Gasteiger partial charge on any atom is -0.343 e. The molecule has 0 saturated carbocycles. The van der Waals surface area contributed by atoms with Crippen molar-refractivity contribution in [3.8, 4) is 0 Å². The summed E-state index contributed by atoms with van der Waals surface area (Å²) in [5.41, 5.74) is 0. The fraction of sp³-hybridized carbons (Fsp3) is 0.917. The Hall–Kier alpha value is -0.220. The smallest absolute Gasteiger partial charge is 0.222 e.